The van der Waals surface area contributed by atoms with E-state index in [2.05, 4.69) is 44.8 Å². The smallest absolute Gasteiger partial charge is 0.220 e. The standard InChI is InChI=1S/C24H35NO3/c1-5-6-7-11-19-16-21(26)20(13-12-18(4)10-8-9-17(2)3)23(27)22(19)24-25-14-15-28-24/h9,12,16,26-27H,5-8,10-11,13-15H2,1-4H3/b18-12+. The molecule has 154 valence electrons. The summed E-state index contributed by atoms with van der Waals surface area (Å²) in [6.45, 7) is 9.62. The molecule has 1 heterocycles. The molecule has 1 aliphatic heterocycles. The minimum Gasteiger partial charge on any atom is -0.508 e. The Labute approximate surface area is 169 Å². The maximum absolute atomic E-state index is 11.0. The molecular weight excluding hydrogens is 350 g/mol. The van der Waals surface area contributed by atoms with E-state index in [4.69, 9.17) is 4.74 Å². The first kappa shape index (κ1) is 22.1. The maximum Gasteiger partial charge on any atom is 0.220 e. The van der Waals surface area contributed by atoms with E-state index < -0.39 is 0 Å². The molecule has 1 aromatic carbocycles. The molecule has 2 N–H and O–H groups in total. The van der Waals surface area contributed by atoms with Crippen molar-refractivity contribution < 1.29 is 14.9 Å². The molecular formula is C24H35NO3. The normalized spacial score (nSPS) is 14.0. The Morgan fingerprint density at radius 3 is 2.61 bits per heavy atom. The molecule has 2 rings (SSSR count). The molecule has 0 aromatic heterocycles. The second-order valence-electron chi connectivity index (χ2n) is 7.82. The summed E-state index contributed by atoms with van der Waals surface area (Å²) in [6.07, 6.45) is 10.8. The van der Waals surface area contributed by atoms with Gasteiger partial charge in [0.15, 0.2) is 0 Å². The summed E-state index contributed by atoms with van der Waals surface area (Å²) >= 11 is 0. The number of benzene rings is 1. The van der Waals surface area contributed by atoms with Gasteiger partial charge in [0.25, 0.3) is 0 Å². The van der Waals surface area contributed by atoms with Gasteiger partial charge in [-0.05, 0) is 64.5 Å². The molecule has 0 saturated heterocycles. The number of allylic oxidation sites excluding steroid dienone is 4. The van der Waals surface area contributed by atoms with E-state index in [0.29, 0.717) is 36.6 Å². The van der Waals surface area contributed by atoms with Crippen LogP contribution in [0.2, 0.25) is 0 Å². The van der Waals surface area contributed by atoms with E-state index in [0.717, 1.165) is 44.1 Å². The van der Waals surface area contributed by atoms with Crippen LogP contribution in [-0.2, 0) is 17.6 Å². The van der Waals surface area contributed by atoms with Gasteiger partial charge in [0.2, 0.25) is 5.90 Å². The highest BCUT2D eigenvalue weighted by Crippen LogP contribution is 2.36. The first-order valence-electron chi connectivity index (χ1n) is 10.5. The lowest BCUT2D eigenvalue weighted by atomic mass is 9.94. The summed E-state index contributed by atoms with van der Waals surface area (Å²) in [5.74, 6) is 0.773. The van der Waals surface area contributed by atoms with Gasteiger partial charge in [-0.25, -0.2) is 4.99 Å². The number of hydrogen-bond acceptors (Lipinski definition) is 4. The van der Waals surface area contributed by atoms with Gasteiger partial charge >= 0.3 is 0 Å². The van der Waals surface area contributed by atoms with Crippen LogP contribution < -0.4 is 0 Å². The average Bonchev–Trinajstić information content (AvgIpc) is 3.15. The first-order valence-corrected chi connectivity index (χ1v) is 10.5. The fourth-order valence-corrected chi connectivity index (χ4v) is 3.40. The van der Waals surface area contributed by atoms with Gasteiger partial charge in [-0.3, -0.25) is 0 Å². The first-order chi connectivity index (χ1) is 13.4. The minimum absolute atomic E-state index is 0.112. The molecule has 0 aliphatic carbocycles. The zero-order valence-corrected chi connectivity index (χ0v) is 17.8. The van der Waals surface area contributed by atoms with E-state index in [1.807, 2.05) is 0 Å². The third-order valence-electron chi connectivity index (χ3n) is 5.06. The van der Waals surface area contributed by atoms with Crippen molar-refractivity contribution in [3.05, 3.63) is 46.1 Å². The molecule has 0 atom stereocenters. The summed E-state index contributed by atoms with van der Waals surface area (Å²) in [7, 11) is 0. The number of nitrogens with zero attached hydrogens (tertiary/aromatic N) is 1. The van der Waals surface area contributed by atoms with Gasteiger partial charge in [0.1, 0.15) is 18.1 Å². The van der Waals surface area contributed by atoms with E-state index in [1.165, 1.54) is 11.1 Å². The lowest BCUT2D eigenvalue weighted by Crippen LogP contribution is -2.08. The highest BCUT2D eigenvalue weighted by molar-refractivity contribution is 5.99. The largest absolute Gasteiger partial charge is 0.508 e. The van der Waals surface area contributed by atoms with E-state index in [-0.39, 0.29) is 11.5 Å². The summed E-state index contributed by atoms with van der Waals surface area (Å²) in [4.78, 5) is 4.41. The van der Waals surface area contributed by atoms with Gasteiger partial charge in [-0.1, -0.05) is 43.1 Å². The monoisotopic (exact) mass is 385 g/mol. The zero-order chi connectivity index (χ0) is 20.5. The van der Waals surface area contributed by atoms with Crippen LogP contribution in [0.25, 0.3) is 0 Å². The SMILES string of the molecule is CCCCCc1cc(O)c(C/C=C(\C)CCC=C(C)C)c(O)c1C1=NCCO1. The minimum atomic E-state index is 0.112. The number of hydrogen-bond donors (Lipinski definition) is 2. The summed E-state index contributed by atoms with van der Waals surface area (Å²) in [5, 5.41) is 21.5. The molecule has 0 saturated carbocycles. The van der Waals surface area contributed by atoms with Crippen LogP contribution in [0.3, 0.4) is 0 Å². The van der Waals surface area contributed by atoms with Gasteiger partial charge in [0, 0.05) is 5.56 Å². The average molecular weight is 386 g/mol. The predicted molar refractivity (Wildman–Crippen MR) is 116 cm³/mol. The van der Waals surface area contributed by atoms with Gasteiger partial charge in [-0.15, -0.1) is 0 Å². The number of unbranched alkanes of at least 4 members (excludes halogenated alkanes) is 2. The lowest BCUT2D eigenvalue weighted by molar-refractivity contribution is 0.345. The van der Waals surface area contributed by atoms with Gasteiger partial charge in [0.05, 0.1) is 12.1 Å². The Morgan fingerprint density at radius 1 is 1.18 bits per heavy atom. The molecule has 1 aliphatic rings. The highest BCUT2D eigenvalue weighted by Gasteiger charge is 2.23. The Kier molecular flexibility index (Phi) is 8.62. The lowest BCUT2D eigenvalue weighted by Gasteiger charge is -2.16. The fraction of sp³-hybridized carbons (Fsp3) is 0.542. The predicted octanol–water partition coefficient (Wildman–Crippen LogP) is 5.84. The van der Waals surface area contributed by atoms with E-state index >= 15 is 0 Å². The maximum atomic E-state index is 11.0. The molecule has 0 bridgehead atoms. The number of aliphatic imine (C=N–C) groups is 1. The molecule has 0 spiro atoms. The molecule has 4 heteroatoms. The van der Waals surface area contributed by atoms with Crippen molar-refractivity contribution in [2.75, 3.05) is 13.2 Å². The van der Waals surface area contributed by atoms with Gasteiger partial charge in [-0.2, -0.15) is 0 Å². The third kappa shape index (κ3) is 6.15. The van der Waals surface area contributed by atoms with Crippen molar-refractivity contribution in [3.63, 3.8) is 0 Å². The Morgan fingerprint density at radius 2 is 1.96 bits per heavy atom. The van der Waals surface area contributed by atoms with Crippen molar-refractivity contribution in [1.82, 2.24) is 0 Å². The molecule has 0 radical (unpaired) electrons. The van der Waals surface area contributed by atoms with Crippen LogP contribution in [-0.4, -0.2) is 29.3 Å². The number of aryl methyl sites for hydroxylation is 1. The van der Waals surface area contributed by atoms with Crippen molar-refractivity contribution in [2.45, 2.75) is 72.6 Å². The number of phenolic OH excluding ortho intramolecular Hbond substituents is 2. The third-order valence-corrected chi connectivity index (χ3v) is 5.06. The molecule has 28 heavy (non-hydrogen) atoms. The summed E-state index contributed by atoms with van der Waals surface area (Å²) in [5.41, 5.74) is 4.70. The van der Waals surface area contributed by atoms with Crippen LogP contribution in [0.5, 0.6) is 11.5 Å². The van der Waals surface area contributed by atoms with Crippen LogP contribution in [0.4, 0.5) is 0 Å². The number of rotatable bonds is 10. The zero-order valence-electron chi connectivity index (χ0n) is 17.8. The molecule has 0 unspecified atom stereocenters. The second kappa shape index (κ2) is 10.9. The molecule has 4 nitrogen and oxygen atoms in total. The number of ether oxygens (including phenoxy) is 1. The molecule has 0 amide bonds. The van der Waals surface area contributed by atoms with E-state index in [1.54, 1.807) is 6.07 Å². The van der Waals surface area contributed by atoms with Crippen LogP contribution in [0.15, 0.2) is 34.4 Å². The Hall–Kier alpha value is -2.23. The van der Waals surface area contributed by atoms with Crippen molar-refractivity contribution in [1.29, 1.82) is 0 Å². The topological polar surface area (TPSA) is 62.0 Å². The van der Waals surface area contributed by atoms with E-state index in [9.17, 15) is 10.2 Å². The number of aromatic hydroxyl groups is 2. The van der Waals surface area contributed by atoms with Crippen molar-refractivity contribution in [2.24, 2.45) is 4.99 Å². The Balaban J connectivity index is 2.27. The molecule has 1 aromatic rings. The highest BCUT2D eigenvalue weighted by atomic mass is 16.5. The number of phenols is 2. The van der Waals surface area contributed by atoms with Crippen molar-refractivity contribution in [3.8, 4) is 11.5 Å². The second-order valence-corrected chi connectivity index (χ2v) is 7.82. The van der Waals surface area contributed by atoms with Crippen LogP contribution >= 0.6 is 0 Å². The van der Waals surface area contributed by atoms with Crippen molar-refractivity contribution >= 4 is 5.90 Å². The quantitative estimate of drug-likeness (QED) is 0.393. The van der Waals surface area contributed by atoms with Gasteiger partial charge < -0.3 is 14.9 Å². The van der Waals surface area contributed by atoms with Crippen LogP contribution in [0, 0.1) is 0 Å². The molecule has 0 fully saturated rings. The van der Waals surface area contributed by atoms with Crippen LogP contribution in [0.1, 0.15) is 76.5 Å². The Bertz CT molecular complexity index is 756. The summed E-state index contributed by atoms with van der Waals surface area (Å²) in [6, 6.07) is 1.79. The fourth-order valence-electron chi connectivity index (χ4n) is 3.40. The summed E-state index contributed by atoms with van der Waals surface area (Å²) < 4.78 is 5.65.